The highest BCUT2D eigenvalue weighted by atomic mass is 32.2. The fraction of sp³-hybridized carbons (Fsp3) is 0.0213. The first-order valence-electron chi connectivity index (χ1n) is 17.3. The predicted octanol–water partition coefficient (Wildman–Crippen LogP) is 10.7. The molecule has 0 amide bonds. The number of fused-ring (bicyclic) bond motifs is 9. The zero-order chi connectivity index (χ0) is 34.9. The Balaban J connectivity index is 1.20. The number of hydrogen-bond acceptors (Lipinski definition) is 4. The molecule has 0 radical (unpaired) electrons. The van der Waals surface area contributed by atoms with E-state index in [0.29, 0.717) is 15.6 Å². The van der Waals surface area contributed by atoms with Crippen molar-refractivity contribution in [3.63, 3.8) is 0 Å². The average molecular weight is 687 g/mol. The molecule has 0 unspecified atom stereocenters. The molecule has 2 aliphatic rings. The van der Waals surface area contributed by atoms with E-state index in [2.05, 4.69) is 91.0 Å². The van der Waals surface area contributed by atoms with Crippen LogP contribution in [0.1, 0.15) is 22.3 Å². The highest BCUT2D eigenvalue weighted by Gasteiger charge is 2.53. The Morgan fingerprint density at radius 2 is 0.885 bits per heavy atom. The van der Waals surface area contributed by atoms with Crippen molar-refractivity contribution in [2.75, 3.05) is 0 Å². The number of sulfone groups is 1. The molecule has 52 heavy (non-hydrogen) atoms. The Kier molecular flexibility index (Phi) is 6.76. The van der Waals surface area contributed by atoms with Crippen LogP contribution in [-0.2, 0) is 15.3 Å². The van der Waals surface area contributed by atoms with Crippen LogP contribution >= 0.6 is 0 Å². The number of rotatable bonds is 4. The normalized spacial score (nSPS) is 14.2. The molecule has 1 aliphatic heterocycles. The SMILES string of the molecule is O=S1(=O)c2ccccc2C2(c3ccccc3-c3cc(-c4cc(-c5ccccc5)nc(-c5cccc(-c6ccccc6)c5)n4)ccc32)c2ccccc21. The van der Waals surface area contributed by atoms with Gasteiger partial charge in [-0.2, -0.15) is 0 Å². The van der Waals surface area contributed by atoms with Crippen LogP contribution in [0.4, 0.5) is 0 Å². The second-order valence-electron chi connectivity index (χ2n) is 13.3. The summed E-state index contributed by atoms with van der Waals surface area (Å²) in [6.45, 7) is 0. The lowest BCUT2D eigenvalue weighted by Crippen LogP contribution is -2.35. The summed E-state index contributed by atoms with van der Waals surface area (Å²) in [6, 6.07) is 60.9. The smallest absolute Gasteiger partial charge is 0.207 e. The van der Waals surface area contributed by atoms with E-state index in [1.54, 1.807) is 12.1 Å². The molecule has 10 rings (SSSR count). The maximum absolute atomic E-state index is 14.1. The van der Waals surface area contributed by atoms with E-state index in [1.165, 1.54) is 0 Å². The first kappa shape index (κ1) is 30.4. The molecule has 5 heteroatoms. The van der Waals surface area contributed by atoms with Crippen molar-refractivity contribution in [2.24, 2.45) is 0 Å². The Morgan fingerprint density at radius 3 is 1.58 bits per heavy atom. The molecule has 246 valence electrons. The van der Waals surface area contributed by atoms with Gasteiger partial charge in [0.25, 0.3) is 0 Å². The van der Waals surface area contributed by atoms with Crippen LogP contribution in [0.25, 0.3) is 56.2 Å². The van der Waals surface area contributed by atoms with E-state index in [0.717, 1.165) is 72.6 Å². The average Bonchev–Trinajstić information content (AvgIpc) is 3.51. The molecule has 0 N–H and O–H groups in total. The van der Waals surface area contributed by atoms with Gasteiger partial charge >= 0.3 is 0 Å². The summed E-state index contributed by atoms with van der Waals surface area (Å²) < 4.78 is 28.2. The third-order valence-electron chi connectivity index (χ3n) is 10.5. The van der Waals surface area contributed by atoms with Gasteiger partial charge in [0.05, 0.1) is 26.6 Å². The van der Waals surface area contributed by atoms with Crippen LogP contribution in [0.2, 0.25) is 0 Å². The Hall–Kier alpha value is -6.43. The maximum atomic E-state index is 14.1. The van der Waals surface area contributed by atoms with Crippen molar-refractivity contribution in [2.45, 2.75) is 15.2 Å². The zero-order valence-electron chi connectivity index (χ0n) is 27.9. The lowest BCUT2D eigenvalue weighted by Gasteiger charge is -2.39. The third-order valence-corrected chi connectivity index (χ3v) is 12.4. The van der Waals surface area contributed by atoms with E-state index >= 15 is 0 Å². The van der Waals surface area contributed by atoms with E-state index in [-0.39, 0.29) is 0 Å². The number of aromatic nitrogens is 2. The fourth-order valence-corrected chi connectivity index (χ4v) is 10.0. The minimum absolute atomic E-state index is 0.353. The van der Waals surface area contributed by atoms with Crippen LogP contribution in [0.5, 0.6) is 0 Å². The first-order valence-corrected chi connectivity index (χ1v) is 18.8. The largest absolute Gasteiger partial charge is 0.228 e. The minimum atomic E-state index is -3.72. The number of benzene rings is 7. The topological polar surface area (TPSA) is 59.9 Å². The van der Waals surface area contributed by atoms with Gasteiger partial charge in [-0.3, -0.25) is 0 Å². The van der Waals surface area contributed by atoms with Crippen LogP contribution in [0, 0.1) is 0 Å². The van der Waals surface area contributed by atoms with Crippen molar-refractivity contribution in [3.05, 3.63) is 204 Å². The summed E-state index contributed by atoms with van der Waals surface area (Å²) in [7, 11) is -3.72. The van der Waals surface area contributed by atoms with E-state index < -0.39 is 15.3 Å². The van der Waals surface area contributed by atoms with Crippen molar-refractivity contribution in [1.82, 2.24) is 9.97 Å². The van der Waals surface area contributed by atoms with Gasteiger partial charge in [-0.15, -0.1) is 0 Å². The predicted molar refractivity (Wildman–Crippen MR) is 207 cm³/mol. The fourth-order valence-electron chi connectivity index (χ4n) is 8.26. The molecule has 1 aromatic heterocycles. The lowest BCUT2D eigenvalue weighted by atomic mass is 9.67. The molecular weight excluding hydrogens is 657 g/mol. The van der Waals surface area contributed by atoms with Gasteiger partial charge < -0.3 is 0 Å². The first-order chi connectivity index (χ1) is 25.5. The molecule has 0 bridgehead atoms. The van der Waals surface area contributed by atoms with Crippen molar-refractivity contribution in [1.29, 1.82) is 0 Å². The molecule has 1 spiro atoms. The Bertz CT molecular complexity index is 2760. The summed E-state index contributed by atoms with van der Waals surface area (Å²) >= 11 is 0. The molecule has 1 aliphatic carbocycles. The van der Waals surface area contributed by atoms with Gasteiger partial charge in [0.2, 0.25) is 9.84 Å². The lowest BCUT2D eigenvalue weighted by molar-refractivity contribution is 0.580. The number of nitrogens with zero attached hydrogens (tertiary/aromatic N) is 2. The molecule has 2 heterocycles. The second kappa shape index (κ2) is 11.6. The standard InChI is InChI=1S/C47H30N2O2S/c50-52(51)44-24-11-9-22-40(44)47(41-23-10-12-25-45(41)52)38-21-8-7-20-36(38)37-29-34(26-27-39(37)47)43-30-42(32-16-5-2-6-17-32)48-46(49-43)35-19-13-18-33(28-35)31-14-3-1-4-15-31/h1-30H. The molecule has 7 aromatic carbocycles. The molecular formula is C47H30N2O2S. The summed E-state index contributed by atoms with van der Waals surface area (Å²) in [5.74, 6) is 0.645. The molecule has 8 aromatic rings. The second-order valence-corrected chi connectivity index (χ2v) is 15.2. The maximum Gasteiger partial charge on any atom is 0.207 e. The van der Waals surface area contributed by atoms with Crippen LogP contribution in [0.3, 0.4) is 0 Å². The summed E-state index contributed by atoms with van der Waals surface area (Å²) in [4.78, 5) is 11.0. The summed E-state index contributed by atoms with van der Waals surface area (Å²) in [5, 5.41) is 0. The highest BCUT2D eigenvalue weighted by Crippen LogP contribution is 2.61. The Morgan fingerprint density at radius 1 is 0.365 bits per heavy atom. The van der Waals surface area contributed by atoms with Crippen molar-refractivity contribution >= 4 is 9.84 Å². The van der Waals surface area contributed by atoms with Gasteiger partial charge in [0, 0.05) is 16.7 Å². The summed E-state index contributed by atoms with van der Waals surface area (Å²) in [6.07, 6.45) is 0. The Labute approximate surface area is 302 Å². The van der Waals surface area contributed by atoms with Crippen LogP contribution in [-0.4, -0.2) is 18.4 Å². The van der Waals surface area contributed by atoms with Crippen molar-refractivity contribution < 1.29 is 8.42 Å². The monoisotopic (exact) mass is 686 g/mol. The molecule has 0 atom stereocenters. The third kappa shape index (κ3) is 4.43. The quantitative estimate of drug-likeness (QED) is 0.185. The van der Waals surface area contributed by atoms with Gasteiger partial charge in [-0.1, -0.05) is 152 Å². The van der Waals surface area contributed by atoms with Gasteiger partial charge in [0.15, 0.2) is 5.82 Å². The van der Waals surface area contributed by atoms with Crippen LogP contribution < -0.4 is 0 Å². The number of hydrogen-bond donors (Lipinski definition) is 0. The van der Waals surface area contributed by atoms with E-state index in [1.807, 2.05) is 78.9 Å². The van der Waals surface area contributed by atoms with Gasteiger partial charge in [-0.05, 0) is 74.8 Å². The molecule has 0 fully saturated rings. The van der Waals surface area contributed by atoms with Gasteiger partial charge in [-0.25, -0.2) is 18.4 Å². The molecule has 4 nitrogen and oxygen atoms in total. The summed E-state index contributed by atoms with van der Waals surface area (Å²) in [5.41, 5.74) is 11.8. The highest BCUT2D eigenvalue weighted by molar-refractivity contribution is 7.91. The van der Waals surface area contributed by atoms with Gasteiger partial charge in [0.1, 0.15) is 0 Å². The van der Waals surface area contributed by atoms with Crippen molar-refractivity contribution in [3.8, 4) is 56.2 Å². The minimum Gasteiger partial charge on any atom is -0.228 e. The van der Waals surface area contributed by atoms with E-state index in [4.69, 9.17) is 9.97 Å². The van der Waals surface area contributed by atoms with E-state index in [9.17, 15) is 8.42 Å². The molecule has 0 saturated heterocycles. The zero-order valence-corrected chi connectivity index (χ0v) is 28.8. The molecule has 0 saturated carbocycles. The van der Waals surface area contributed by atoms with Crippen LogP contribution in [0.15, 0.2) is 192 Å².